The van der Waals surface area contributed by atoms with Crippen LogP contribution in [0.4, 0.5) is 16.3 Å². The van der Waals surface area contributed by atoms with E-state index in [1.165, 1.54) is 18.7 Å². The molecule has 1 aliphatic rings. The van der Waals surface area contributed by atoms with Crippen molar-refractivity contribution < 1.29 is 4.39 Å². The molecule has 0 unspecified atom stereocenters. The minimum Gasteiger partial charge on any atom is -0.368 e. The summed E-state index contributed by atoms with van der Waals surface area (Å²) in [6.07, 6.45) is 6.05. The Morgan fingerprint density at radius 1 is 1.10 bits per heavy atom. The summed E-state index contributed by atoms with van der Waals surface area (Å²) in [5.41, 5.74) is 6.01. The van der Waals surface area contributed by atoms with Gasteiger partial charge in [0.05, 0.1) is 11.8 Å². The maximum atomic E-state index is 13.8. The molecule has 1 fully saturated rings. The number of hydrogen-bond donors (Lipinski definition) is 1. The van der Waals surface area contributed by atoms with Crippen molar-refractivity contribution in [1.82, 2.24) is 19.9 Å². The lowest BCUT2D eigenvalue weighted by atomic mass is 10.1. The minimum atomic E-state index is -0.470. The molecular formula is C13H15FN6. The summed E-state index contributed by atoms with van der Waals surface area (Å²) in [7, 11) is 0. The van der Waals surface area contributed by atoms with Gasteiger partial charge in [0.1, 0.15) is 0 Å². The second-order valence-corrected chi connectivity index (χ2v) is 4.72. The average molecular weight is 274 g/mol. The van der Waals surface area contributed by atoms with Crippen molar-refractivity contribution >= 4 is 11.9 Å². The first-order valence-corrected chi connectivity index (χ1v) is 6.60. The molecule has 0 radical (unpaired) electrons. The van der Waals surface area contributed by atoms with Gasteiger partial charge in [0, 0.05) is 19.3 Å². The molecular weight excluding hydrogens is 259 g/mol. The second-order valence-electron chi connectivity index (χ2n) is 4.72. The quantitative estimate of drug-likeness (QED) is 0.896. The highest BCUT2D eigenvalue weighted by atomic mass is 19.1. The average Bonchev–Trinajstić information content (AvgIpc) is 2.48. The van der Waals surface area contributed by atoms with E-state index >= 15 is 0 Å². The number of hydrogen-bond acceptors (Lipinski definition) is 6. The van der Waals surface area contributed by atoms with Gasteiger partial charge in [-0.2, -0.15) is 15.0 Å². The number of rotatable bonds is 2. The molecule has 0 saturated carbocycles. The molecule has 2 aromatic heterocycles. The molecule has 3 rings (SSSR count). The second kappa shape index (κ2) is 5.36. The van der Waals surface area contributed by atoms with Gasteiger partial charge >= 0.3 is 0 Å². The van der Waals surface area contributed by atoms with Crippen molar-refractivity contribution in [3.05, 3.63) is 24.3 Å². The number of halogens is 1. The van der Waals surface area contributed by atoms with Crippen LogP contribution >= 0.6 is 0 Å². The van der Waals surface area contributed by atoms with Crippen LogP contribution < -0.4 is 10.6 Å². The summed E-state index contributed by atoms with van der Waals surface area (Å²) in [6.45, 7) is 1.78. The smallest absolute Gasteiger partial charge is 0.230 e. The van der Waals surface area contributed by atoms with E-state index < -0.39 is 5.82 Å². The Bertz CT molecular complexity index is 612. The van der Waals surface area contributed by atoms with Gasteiger partial charge in [-0.25, -0.2) is 4.39 Å². The molecule has 1 saturated heterocycles. The fourth-order valence-corrected chi connectivity index (χ4v) is 2.29. The summed E-state index contributed by atoms with van der Waals surface area (Å²) in [4.78, 5) is 18.3. The maximum Gasteiger partial charge on any atom is 0.230 e. The molecule has 0 spiro atoms. The highest BCUT2D eigenvalue weighted by Crippen LogP contribution is 2.22. The minimum absolute atomic E-state index is 0.104. The van der Waals surface area contributed by atoms with Crippen LogP contribution in [0.1, 0.15) is 19.3 Å². The largest absolute Gasteiger partial charge is 0.368 e. The topological polar surface area (TPSA) is 80.8 Å². The molecule has 6 nitrogen and oxygen atoms in total. The molecule has 104 valence electrons. The van der Waals surface area contributed by atoms with Crippen LogP contribution in [0.2, 0.25) is 0 Å². The summed E-state index contributed by atoms with van der Waals surface area (Å²) in [5.74, 6) is 0.399. The number of anilines is 2. The SMILES string of the molecule is Nc1nc(-c2ccncc2F)nc(N2CCCCC2)n1. The normalized spacial score (nSPS) is 15.3. The van der Waals surface area contributed by atoms with Crippen LogP contribution in [0.3, 0.4) is 0 Å². The molecule has 0 aromatic carbocycles. The van der Waals surface area contributed by atoms with Gasteiger partial charge in [-0.1, -0.05) is 0 Å². The van der Waals surface area contributed by atoms with Gasteiger partial charge in [0.2, 0.25) is 11.9 Å². The third kappa shape index (κ3) is 2.52. The molecule has 7 heteroatoms. The third-order valence-corrected chi connectivity index (χ3v) is 3.29. The third-order valence-electron chi connectivity index (χ3n) is 3.29. The zero-order valence-electron chi connectivity index (χ0n) is 11.0. The standard InChI is InChI=1S/C13H15FN6/c14-10-8-16-5-4-9(10)11-17-12(15)19-13(18-11)20-6-2-1-3-7-20/h4-5,8H,1-3,6-7H2,(H2,15,17,18,19). The fourth-order valence-electron chi connectivity index (χ4n) is 2.29. The van der Waals surface area contributed by atoms with Gasteiger partial charge in [0.15, 0.2) is 11.6 Å². The molecule has 0 amide bonds. The molecule has 0 aliphatic carbocycles. The van der Waals surface area contributed by atoms with Crippen molar-refractivity contribution in [2.75, 3.05) is 23.7 Å². The van der Waals surface area contributed by atoms with Crippen LogP contribution in [0.5, 0.6) is 0 Å². The van der Waals surface area contributed by atoms with E-state index in [4.69, 9.17) is 5.73 Å². The number of nitrogen functional groups attached to an aromatic ring is 1. The summed E-state index contributed by atoms with van der Waals surface area (Å²) in [6, 6.07) is 1.53. The van der Waals surface area contributed by atoms with E-state index in [9.17, 15) is 4.39 Å². The predicted molar refractivity (Wildman–Crippen MR) is 73.5 cm³/mol. The van der Waals surface area contributed by atoms with Crippen LogP contribution in [-0.2, 0) is 0 Å². The van der Waals surface area contributed by atoms with E-state index in [0.29, 0.717) is 5.95 Å². The Morgan fingerprint density at radius 3 is 2.65 bits per heavy atom. The summed E-state index contributed by atoms with van der Waals surface area (Å²) in [5, 5.41) is 0. The Kier molecular flexibility index (Phi) is 3.41. The Labute approximate surface area is 115 Å². The van der Waals surface area contributed by atoms with Crippen molar-refractivity contribution in [3.63, 3.8) is 0 Å². The molecule has 3 heterocycles. The Balaban J connectivity index is 2.00. The summed E-state index contributed by atoms with van der Waals surface area (Å²) < 4.78 is 13.8. The van der Waals surface area contributed by atoms with E-state index in [1.807, 2.05) is 0 Å². The Hall–Kier alpha value is -2.31. The highest BCUT2D eigenvalue weighted by molar-refractivity contribution is 5.57. The van der Waals surface area contributed by atoms with Crippen LogP contribution in [0, 0.1) is 5.82 Å². The lowest BCUT2D eigenvalue weighted by Crippen LogP contribution is -2.31. The van der Waals surface area contributed by atoms with Crippen molar-refractivity contribution in [2.24, 2.45) is 0 Å². The number of piperidine rings is 1. The first-order valence-electron chi connectivity index (χ1n) is 6.60. The summed E-state index contributed by atoms with van der Waals surface area (Å²) >= 11 is 0. The maximum absolute atomic E-state index is 13.8. The van der Waals surface area contributed by atoms with E-state index in [-0.39, 0.29) is 17.3 Å². The zero-order valence-corrected chi connectivity index (χ0v) is 11.0. The lowest BCUT2D eigenvalue weighted by Gasteiger charge is -2.26. The molecule has 2 aromatic rings. The number of nitrogens with zero attached hydrogens (tertiary/aromatic N) is 5. The van der Waals surface area contributed by atoms with Crippen molar-refractivity contribution in [3.8, 4) is 11.4 Å². The fraction of sp³-hybridized carbons (Fsp3) is 0.385. The van der Waals surface area contributed by atoms with E-state index in [1.54, 1.807) is 0 Å². The van der Waals surface area contributed by atoms with Crippen molar-refractivity contribution in [1.29, 1.82) is 0 Å². The molecule has 1 aliphatic heterocycles. The van der Waals surface area contributed by atoms with Gasteiger partial charge in [0.25, 0.3) is 0 Å². The predicted octanol–water partition coefficient (Wildman–Crippen LogP) is 1.65. The first kappa shape index (κ1) is 12.7. The van der Waals surface area contributed by atoms with Gasteiger partial charge in [-0.05, 0) is 25.3 Å². The van der Waals surface area contributed by atoms with Crippen LogP contribution in [-0.4, -0.2) is 33.0 Å². The van der Waals surface area contributed by atoms with Gasteiger partial charge < -0.3 is 10.6 Å². The number of pyridine rings is 1. The zero-order chi connectivity index (χ0) is 13.9. The van der Waals surface area contributed by atoms with Gasteiger partial charge in [-0.3, -0.25) is 4.98 Å². The molecule has 2 N–H and O–H groups in total. The van der Waals surface area contributed by atoms with Crippen molar-refractivity contribution in [2.45, 2.75) is 19.3 Å². The Morgan fingerprint density at radius 2 is 1.90 bits per heavy atom. The number of aromatic nitrogens is 4. The highest BCUT2D eigenvalue weighted by Gasteiger charge is 2.17. The van der Waals surface area contributed by atoms with Gasteiger partial charge in [-0.15, -0.1) is 0 Å². The van der Waals surface area contributed by atoms with Crippen LogP contribution in [0.15, 0.2) is 18.5 Å². The molecule has 0 bridgehead atoms. The van der Waals surface area contributed by atoms with E-state index in [2.05, 4.69) is 24.8 Å². The van der Waals surface area contributed by atoms with E-state index in [0.717, 1.165) is 32.1 Å². The molecule has 20 heavy (non-hydrogen) atoms. The lowest BCUT2D eigenvalue weighted by molar-refractivity contribution is 0.567. The number of nitrogens with two attached hydrogens (primary N) is 1. The monoisotopic (exact) mass is 274 g/mol. The first-order chi connectivity index (χ1) is 9.74. The molecule has 0 atom stereocenters. The van der Waals surface area contributed by atoms with Crippen LogP contribution in [0.25, 0.3) is 11.4 Å².